The molecular formula is C22H22F3N3O. The molecule has 1 aliphatic heterocycles. The average Bonchev–Trinajstić information content (AvgIpc) is 2.66. The number of phenolic OH excluding ortho intramolecular Hbond substituents is 1. The van der Waals surface area contributed by atoms with Crippen molar-refractivity contribution in [3.8, 4) is 17.0 Å². The van der Waals surface area contributed by atoms with Crippen molar-refractivity contribution in [3.63, 3.8) is 0 Å². The van der Waals surface area contributed by atoms with E-state index in [4.69, 9.17) is 0 Å². The van der Waals surface area contributed by atoms with E-state index in [2.05, 4.69) is 28.2 Å². The second-order valence-electron chi connectivity index (χ2n) is 7.80. The van der Waals surface area contributed by atoms with Crippen LogP contribution in [0.2, 0.25) is 0 Å². The minimum atomic E-state index is -4.52. The van der Waals surface area contributed by atoms with Gasteiger partial charge >= 0.3 is 6.18 Å². The van der Waals surface area contributed by atoms with E-state index in [1.54, 1.807) is 6.07 Å². The van der Waals surface area contributed by atoms with Crippen LogP contribution >= 0.6 is 0 Å². The van der Waals surface area contributed by atoms with E-state index >= 15 is 0 Å². The monoisotopic (exact) mass is 401 g/mol. The Hall–Kier alpha value is -2.67. The van der Waals surface area contributed by atoms with Gasteiger partial charge in [-0.15, -0.1) is 10.2 Å². The van der Waals surface area contributed by atoms with Crippen molar-refractivity contribution in [2.75, 3.05) is 20.1 Å². The highest BCUT2D eigenvalue weighted by atomic mass is 19.4. The molecule has 1 fully saturated rings. The number of hydrogen-bond donors (Lipinski definition) is 1. The molecule has 0 amide bonds. The van der Waals surface area contributed by atoms with Gasteiger partial charge in [0.25, 0.3) is 0 Å². The average molecular weight is 401 g/mol. The van der Waals surface area contributed by atoms with Crippen molar-refractivity contribution < 1.29 is 18.3 Å². The van der Waals surface area contributed by atoms with Crippen LogP contribution in [-0.4, -0.2) is 40.3 Å². The molecule has 1 saturated heterocycles. The van der Waals surface area contributed by atoms with Gasteiger partial charge in [-0.25, -0.2) is 0 Å². The van der Waals surface area contributed by atoms with Crippen LogP contribution in [0.3, 0.4) is 0 Å². The molecule has 1 atom stereocenters. The first-order chi connectivity index (χ1) is 13.7. The zero-order valence-corrected chi connectivity index (χ0v) is 16.3. The molecule has 1 N–H and O–H groups in total. The highest BCUT2D eigenvalue weighted by Gasteiger charge is 2.32. The highest BCUT2D eigenvalue weighted by molar-refractivity contribution is 5.86. The fraction of sp³-hybridized carbons (Fsp3) is 0.364. The zero-order chi connectivity index (χ0) is 20.8. The topological polar surface area (TPSA) is 49.2 Å². The quantitative estimate of drug-likeness (QED) is 0.646. The predicted molar refractivity (Wildman–Crippen MR) is 106 cm³/mol. The number of aromatic nitrogens is 2. The van der Waals surface area contributed by atoms with E-state index in [0.717, 1.165) is 54.5 Å². The van der Waals surface area contributed by atoms with Crippen LogP contribution in [0.4, 0.5) is 13.2 Å². The summed E-state index contributed by atoms with van der Waals surface area (Å²) in [5, 5.41) is 19.8. The van der Waals surface area contributed by atoms with Crippen LogP contribution in [0.15, 0.2) is 36.4 Å². The number of fused-ring (bicyclic) bond motifs is 1. The lowest BCUT2D eigenvalue weighted by molar-refractivity contribution is -0.137. The van der Waals surface area contributed by atoms with Crippen molar-refractivity contribution in [1.29, 1.82) is 0 Å². The van der Waals surface area contributed by atoms with E-state index < -0.39 is 17.5 Å². The van der Waals surface area contributed by atoms with Gasteiger partial charge < -0.3 is 10.0 Å². The lowest BCUT2D eigenvalue weighted by atomic mass is 9.89. The Balaban J connectivity index is 1.78. The summed E-state index contributed by atoms with van der Waals surface area (Å²) in [6, 6.07) is 9.50. The van der Waals surface area contributed by atoms with Crippen LogP contribution in [0.1, 0.15) is 35.4 Å². The number of aryl methyl sites for hydroxylation is 1. The van der Waals surface area contributed by atoms with Gasteiger partial charge in [0.15, 0.2) is 0 Å². The number of piperidine rings is 1. The third-order valence-electron chi connectivity index (χ3n) is 5.61. The molecule has 0 bridgehead atoms. The maximum absolute atomic E-state index is 13.0. The standard InChI is InChI=1S/C22H22F3N3O/c1-13-9-16(22(23,24)25)11-19(29)20(13)18-10-14-5-3-7-17(21(14)27-26-18)15-6-4-8-28(2)12-15/h3,5,7,9-11,15,29H,4,6,8,12H2,1-2H3/t15-/m0/s1. The summed E-state index contributed by atoms with van der Waals surface area (Å²) in [7, 11) is 2.11. The fourth-order valence-corrected chi connectivity index (χ4v) is 4.23. The lowest BCUT2D eigenvalue weighted by Crippen LogP contribution is -2.30. The molecule has 0 saturated carbocycles. The van der Waals surface area contributed by atoms with Gasteiger partial charge in [0.05, 0.1) is 16.8 Å². The van der Waals surface area contributed by atoms with Gasteiger partial charge in [-0.1, -0.05) is 18.2 Å². The van der Waals surface area contributed by atoms with Gasteiger partial charge in [-0.3, -0.25) is 0 Å². The maximum atomic E-state index is 13.0. The van der Waals surface area contributed by atoms with E-state index in [-0.39, 0.29) is 5.56 Å². The molecule has 1 aromatic heterocycles. The van der Waals surface area contributed by atoms with Gasteiger partial charge in [-0.2, -0.15) is 13.2 Å². The number of hydrogen-bond acceptors (Lipinski definition) is 4. The molecule has 0 spiro atoms. The highest BCUT2D eigenvalue weighted by Crippen LogP contribution is 2.39. The van der Waals surface area contributed by atoms with Gasteiger partial charge in [0.2, 0.25) is 0 Å². The summed E-state index contributed by atoms with van der Waals surface area (Å²) in [5.74, 6) is -0.0742. The van der Waals surface area contributed by atoms with E-state index in [0.29, 0.717) is 17.2 Å². The lowest BCUT2D eigenvalue weighted by Gasteiger charge is -2.30. The van der Waals surface area contributed by atoms with Gasteiger partial charge in [0.1, 0.15) is 5.75 Å². The molecule has 152 valence electrons. The number of aromatic hydroxyl groups is 1. The van der Waals surface area contributed by atoms with E-state index in [1.165, 1.54) is 6.92 Å². The van der Waals surface area contributed by atoms with Crippen molar-refractivity contribution in [3.05, 3.63) is 53.1 Å². The minimum Gasteiger partial charge on any atom is -0.507 e. The SMILES string of the molecule is Cc1cc(C(F)(F)F)cc(O)c1-c1cc2cccc([C@H]3CCCN(C)C3)c2nn1. The molecular weight excluding hydrogens is 379 g/mol. The second kappa shape index (κ2) is 7.30. The molecule has 29 heavy (non-hydrogen) atoms. The third-order valence-corrected chi connectivity index (χ3v) is 5.61. The molecule has 0 aliphatic carbocycles. The van der Waals surface area contributed by atoms with Crippen LogP contribution in [0.5, 0.6) is 5.75 Å². The molecule has 4 nitrogen and oxygen atoms in total. The number of benzene rings is 2. The molecule has 2 heterocycles. The Morgan fingerprint density at radius 3 is 2.62 bits per heavy atom. The number of phenols is 1. The Bertz CT molecular complexity index is 1040. The summed E-state index contributed by atoms with van der Waals surface area (Å²) in [4.78, 5) is 2.30. The molecule has 7 heteroatoms. The maximum Gasteiger partial charge on any atom is 0.416 e. The zero-order valence-electron chi connectivity index (χ0n) is 16.3. The molecule has 3 aromatic rings. The number of rotatable bonds is 2. The number of likely N-dealkylation sites (tertiary alicyclic amines) is 1. The predicted octanol–water partition coefficient (Wildman–Crippen LogP) is 5.14. The summed E-state index contributed by atoms with van der Waals surface area (Å²) in [5.41, 5.74) is 2.00. The van der Waals surface area contributed by atoms with Crippen LogP contribution in [-0.2, 0) is 6.18 Å². The molecule has 1 aliphatic rings. The summed E-state index contributed by atoms with van der Waals surface area (Å²) in [6.07, 6.45) is -2.30. The van der Waals surface area contributed by atoms with Crippen molar-refractivity contribution in [2.45, 2.75) is 31.9 Å². The Morgan fingerprint density at radius 1 is 1.14 bits per heavy atom. The Morgan fingerprint density at radius 2 is 1.93 bits per heavy atom. The van der Waals surface area contributed by atoms with Gasteiger partial charge in [-0.05, 0) is 68.6 Å². The number of alkyl halides is 3. The number of nitrogens with zero attached hydrogens (tertiary/aromatic N) is 3. The summed E-state index contributed by atoms with van der Waals surface area (Å²) < 4.78 is 39.0. The normalized spacial score (nSPS) is 18.3. The number of likely N-dealkylation sites (N-methyl/N-ethyl adjacent to an activating group) is 1. The largest absolute Gasteiger partial charge is 0.507 e. The Labute approximate surface area is 167 Å². The Kier molecular flexibility index (Phi) is 4.94. The van der Waals surface area contributed by atoms with Gasteiger partial charge in [0, 0.05) is 17.5 Å². The minimum absolute atomic E-state index is 0.273. The molecule has 0 radical (unpaired) electrons. The number of halogens is 3. The molecule has 2 aromatic carbocycles. The molecule has 4 rings (SSSR count). The van der Waals surface area contributed by atoms with E-state index in [1.807, 2.05) is 12.1 Å². The van der Waals surface area contributed by atoms with Crippen molar-refractivity contribution in [1.82, 2.24) is 15.1 Å². The second-order valence-corrected chi connectivity index (χ2v) is 7.80. The van der Waals surface area contributed by atoms with Crippen LogP contribution in [0.25, 0.3) is 22.2 Å². The first-order valence-electron chi connectivity index (χ1n) is 9.60. The third kappa shape index (κ3) is 3.79. The summed E-state index contributed by atoms with van der Waals surface area (Å²) >= 11 is 0. The summed E-state index contributed by atoms with van der Waals surface area (Å²) in [6.45, 7) is 3.58. The van der Waals surface area contributed by atoms with Crippen LogP contribution in [0, 0.1) is 6.92 Å². The smallest absolute Gasteiger partial charge is 0.416 e. The van der Waals surface area contributed by atoms with Crippen molar-refractivity contribution in [2.24, 2.45) is 0 Å². The fourth-order valence-electron chi connectivity index (χ4n) is 4.23. The first kappa shape index (κ1) is 19.6. The van der Waals surface area contributed by atoms with Crippen LogP contribution < -0.4 is 0 Å². The van der Waals surface area contributed by atoms with E-state index in [9.17, 15) is 18.3 Å². The van der Waals surface area contributed by atoms with Crippen molar-refractivity contribution >= 4 is 10.9 Å². The molecule has 0 unspecified atom stereocenters. The first-order valence-corrected chi connectivity index (χ1v) is 9.60.